The molecule has 6 heteroatoms. The maximum Gasteiger partial charge on any atom is 0.314 e. The van der Waals surface area contributed by atoms with Gasteiger partial charge in [-0.2, -0.15) is 8.42 Å². The van der Waals surface area contributed by atoms with E-state index in [1.807, 2.05) is 104 Å². The molecule has 1 fully saturated rings. The Morgan fingerprint density at radius 1 is 0.778 bits per heavy atom. The summed E-state index contributed by atoms with van der Waals surface area (Å²) >= 11 is 0. The third-order valence-corrected chi connectivity index (χ3v) is 7.23. The minimum absolute atomic E-state index is 0.00969. The summed E-state index contributed by atoms with van der Waals surface area (Å²) in [5, 5.41) is 0. The van der Waals surface area contributed by atoms with Gasteiger partial charge in [-0.1, -0.05) is 96.1 Å². The van der Waals surface area contributed by atoms with Gasteiger partial charge in [0.05, 0.1) is 4.90 Å². The molecule has 1 atom stereocenters. The van der Waals surface area contributed by atoms with Crippen LogP contribution < -0.4 is 4.90 Å². The molecular formula is C30H26N2O3S. The molecule has 0 N–H and O–H groups in total. The lowest BCUT2D eigenvalue weighted by Crippen LogP contribution is -2.29. The van der Waals surface area contributed by atoms with E-state index in [4.69, 9.17) is 4.74 Å². The number of ether oxygens (including phenoxy) is 1. The van der Waals surface area contributed by atoms with Crippen molar-refractivity contribution in [1.29, 1.82) is 0 Å². The van der Waals surface area contributed by atoms with Gasteiger partial charge in [-0.05, 0) is 55.3 Å². The van der Waals surface area contributed by atoms with Crippen molar-refractivity contribution in [1.82, 2.24) is 0 Å². The molecule has 0 aliphatic carbocycles. The summed E-state index contributed by atoms with van der Waals surface area (Å²) in [6.07, 6.45) is 1.93. The van der Waals surface area contributed by atoms with Crippen LogP contribution in [0, 0.1) is 13.8 Å². The predicted octanol–water partition coefficient (Wildman–Crippen LogP) is 6.67. The second-order valence-corrected chi connectivity index (χ2v) is 10.3. The summed E-state index contributed by atoms with van der Waals surface area (Å²) in [4.78, 5) is 1.96. The fourth-order valence-corrected chi connectivity index (χ4v) is 5.12. The van der Waals surface area contributed by atoms with Crippen molar-refractivity contribution in [2.45, 2.75) is 24.8 Å². The van der Waals surface area contributed by atoms with Crippen molar-refractivity contribution in [2.75, 3.05) is 4.90 Å². The van der Waals surface area contributed by atoms with E-state index in [0.29, 0.717) is 5.76 Å². The summed E-state index contributed by atoms with van der Waals surface area (Å²) in [5.41, 5.74) is 4.76. The topological polar surface area (TPSA) is 59.0 Å². The molecule has 36 heavy (non-hydrogen) atoms. The molecular weight excluding hydrogens is 468 g/mol. The van der Waals surface area contributed by atoms with E-state index in [2.05, 4.69) is 10.5 Å². The zero-order valence-corrected chi connectivity index (χ0v) is 20.9. The molecule has 1 saturated heterocycles. The maximum atomic E-state index is 13.3. The highest BCUT2D eigenvalue weighted by Gasteiger charge is 2.40. The molecule has 0 amide bonds. The van der Waals surface area contributed by atoms with Crippen LogP contribution in [0.1, 0.15) is 28.3 Å². The molecule has 1 unspecified atom stereocenters. The lowest BCUT2D eigenvalue weighted by molar-refractivity contribution is 0.431. The van der Waals surface area contributed by atoms with Gasteiger partial charge in [0.25, 0.3) is 10.0 Å². The molecule has 5 nitrogen and oxygen atoms in total. The fourth-order valence-electron chi connectivity index (χ4n) is 4.20. The third kappa shape index (κ3) is 4.95. The van der Waals surface area contributed by atoms with E-state index < -0.39 is 16.1 Å². The van der Waals surface area contributed by atoms with Crippen molar-refractivity contribution >= 4 is 27.8 Å². The van der Waals surface area contributed by atoms with Crippen LogP contribution in [-0.4, -0.2) is 14.4 Å². The number of nitrogens with zero attached hydrogens (tertiary/aromatic N) is 2. The Hall–Kier alpha value is -4.16. The molecule has 0 bridgehead atoms. The highest BCUT2D eigenvalue weighted by atomic mass is 32.2. The molecule has 180 valence electrons. The molecule has 1 heterocycles. The van der Waals surface area contributed by atoms with Crippen LogP contribution in [0.2, 0.25) is 0 Å². The SMILES string of the molecule is Cc1ccc(S(=O)(=O)/N=C2/O/C(=C\c3ccccc3)C(c3cccc(C)c3)N2c2ccccc2)cc1. The molecule has 0 radical (unpaired) electrons. The first-order chi connectivity index (χ1) is 17.4. The summed E-state index contributed by atoms with van der Waals surface area (Å²) in [7, 11) is -4.02. The van der Waals surface area contributed by atoms with E-state index in [1.54, 1.807) is 24.3 Å². The Bertz CT molecular complexity index is 1530. The number of benzene rings is 4. The number of para-hydroxylation sites is 1. The first kappa shape index (κ1) is 23.6. The lowest BCUT2D eigenvalue weighted by atomic mass is 10.00. The fraction of sp³-hybridized carbons (Fsp3) is 0.100. The van der Waals surface area contributed by atoms with Gasteiger partial charge in [0.1, 0.15) is 11.8 Å². The maximum absolute atomic E-state index is 13.3. The van der Waals surface area contributed by atoms with Gasteiger partial charge in [-0.15, -0.1) is 4.40 Å². The quantitative estimate of drug-likeness (QED) is 0.311. The number of anilines is 1. The van der Waals surface area contributed by atoms with Gasteiger partial charge >= 0.3 is 6.02 Å². The van der Waals surface area contributed by atoms with Gasteiger partial charge in [-0.25, -0.2) is 0 Å². The van der Waals surface area contributed by atoms with Gasteiger partial charge in [0, 0.05) is 5.69 Å². The van der Waals surface area contributed by atoms with Crippen LogP contribution in [0.4, 0.5) is 5.69 Å². The Kier molecular flexibility index (Phi) is 6.44. The monoisotopic (exact) mass is 494 g/mol. The van der Waals surface area contributed by atoms with Crippen LogP contribution in [0.5, 0.6) is 0 Å². The van der Waals surface area contributed by atoms with Gasteiger partial charge in [-0.3, -0.25) is 4.90 Å². The number of hydrogen-bond acceptors (Lipinski definition) is 3. The van der Waals surface area contributed by atoms with Gasteiger partial charge in [0.15, 0.2) is 0 Å². The summed E-state index contributed by atoms with van der Waals surface area (Å²) in [5.74, 6) is 0.591. The normalized spacial score (nSPS) is 17.9. The second-order valence-electron chi connectivity index (χ2n) is 8.74. The smallest absolute Gasteiger partial charge is 0.314 e. The molecule has 0 saturated carbocycles. The van der Waals surface area contributed by atoms with Crippen molar-refractivity contribution in [3.05, 3.63) is 137 Å². The predicted molar refractivity (Wildman–Crippen MR) is 144 cm³/mol. The Morgan fingerprint density at radius 3 is 2.11 bits per heavy atom. The van der Waals surface area contributed by atoms with E-state index >= 15 is 0 Å². The Balaban J connectivity index is 1.71. The average molecular weight is 495 g/mol. The zero-order chi connectivity index (χ0) is 25.1. The number of amidine groups is 1. The first-order valence-corrected chi connectivity index (χ1v) is 13.1. The number of sulfonamides is 1. The molecule has 1 aliphatic heterocycles. The standard InChI is InChI=1S/C30H26N2O3S/c1-22-16-18-27(19-17-22)36(33,34)31-30-32(26-14-7-4-8-15-26)29(25-13-9-10-23(2)20-25)28(35-30)21-24-11-5-3-6-12-24/h3-21,29H,1-2H3/b28-21-,31-30+. The Labute approximate surface area is 212 Å². The number of hydrogen-bond donors (Lipinski definition) is 0. The van der Waals surface area contributed by atoms with Crippen LogP contribution >= 0.6 is 0 Å². The minimum atomic E-state index is -4.02. The highest BCUT2D eigenvalue weighted by Crippen LogP contribution is 2.41. The first-order valence-electron chi connectivity index (χ1n) is 11.7. The third-order valence-electron chi connectivity index (χ3n) is 5.96. The van der Waals surface area contributed by atoms with E-state index in [9.17, 15) is 8.42 Å². The number of aryl methyl sites for hydroxylation is 2. The summed E-state index contributed by atoms with van der Waals surface area (Å²) < 4.78 is 37.1. The largest absolute Gasteiger partial charge is 0.427 e. The number of rotatable bonds is 5. The molecule has 0 spiro atoms. The van der Waals surface area contributed by atoms with Crippen molar-refractivity contribution in [3.63, 3.8) is 0 Å². The average Bonchev–Trinajstić information content (AvgIpc) is 3.22. The van der Waals surface area contributed by atoms with E-state index in [0.717, 1.165) is 27.9 Å². The second kappa shape index (κ2) is 9.84. The van der Waals surface area contributed by atoms with E-state index in [1.165, 1.54) is 0 Å². The van der Waals surface area contributed by atoms with Gasteiger partial charge in [0.2, 0.25) is 0 Å². The van der Waals surface area contributed by atoms with Crippen LogP contribution in [0.3, 0.4) is 0 Å². The Morgan fingerprint density at radius 2 is 1.44 bits per heavy atom. The van der Waals surface area contributed by atoms with Crippen molar-refractivity contribution in [2.24, 2.45) is 4.40 Å². The van der Waals surface area contributed by atoms with Crippen molar-refractivity contribution < 1.29 is 13.2 Å². The van der Waals surface area contributed by atoms with Crippen LogP contribution in [0.15, 0.2) is 124 Å². The molecule has 5 rings (SSSR count). The van der Waals surface area contributed by atoms with Crippen molar-refractivity contribution in [3.8, 4) is 0 Å². The summed E-state index contributed by atoms with van der Waals surface area (Å²) in [6, 6.07) is 33.8. The molecule has 1 aliphatic rings. The van der Waals surface area contributed by atoms with Crippen LogP contribution in [-0.2, 0) is 14.8 Å². The molecule has 4 aromatic rings. The molecule has 0 aromatic heterocycles. The lowest BCUT2D eigenvalue weighted by Gasteiger charge is -2.24. The minimum Gasteiger partial charge on any atom is -0.427 e. The summed E-state index contributed by atoms with van der Waals surface area (Å²) in [6.45, 7) is 3.94. The van der Waals surface area contributed by atoms with E-state index in [-0.39, 0.29) is 10.9 Å². The van der Waals surface area contributed by atoms with Crippen LogP contribution in [0.25, 0.3) is 6.08 Å². The van der Waals surface area contributed by atoms with Gasteiger partial charge < -0.3 is 4.74 Å². The molecule has 4 aromatic carbocycles. The zero-order valence-electron chi connectivity index (χ0n) is 20.1. The highest BCUT2D eigenvalue weighted by molar-refractivity contribution is 7.90.